The molecule has 0 radical (unpaired) electrons. The molecule has 34 heavy (non-hydrogen) atoms. The maximum Gasteiger partial charge on any atom is 0.232 e. The summed E-state index contributed by atoms with van der Waals surface area (Å²) >= 11 is 0. The van der Waals surface area contributed by atoms with Crippen molar-refractivity contribution in [2.45, 2.75) is 13.0 Å². The number of pyridine rings is 1. The molecule has 0 saturated carbocycles. The Morgan fingerprint density at radius 1 is 1.12 bits per heavy atom. The highest BCUT2D eigenvalue weighted by atomic mass is 19.1. The first-order valence-electron chi connectivity index (χ1n) is 10.6. The van der Waals surface area contributed by atoms with Crippen molar-refractivity contribution in [1.82, 2.24) is 4.98 Å². The van der Waals surface area contributed by atoms with Gasteiger partial charge in [0, 0.05) is 31.3 Å². The lowest BCUT2D eigenvalue weighted by Gasteiger charge is -2.26. The molecule has 1 unspecified atom stereocenters. The van der Waals surface area contributed by atoms with Crippen LogP contribution in [0.1, 0.15) is 12.1 Å². The number of nitrogens with zero attached hydrogens (tertiary/aromatic N) is 3. The van der Waals surface area contributed by atoms with Gasteiger partial charge in [-0.25, -0.2) is 8.78 Å². The minimum atomic E-state index is -0.875. The molecule has 3 aromatic rings. The molecule has 0 aliphatic carbocycles. The number of aromatic nitrogens is 1. The summed E-state index contributed by atoms with van der Waals surface area (Å²) in [5.41, 5.74) is 0.920. The van der Waals surface area contributed by atoms with Crippen LogP contribution in [0.15, 0.2) is 60.8 Å². The lowest BCUT2D eigenvalue weighted by atomic mass is 10.1. The molecule has 7 nitrogen and oxygen atoms in total. The predicted molar refractivity (Wildman–Crippen MR) is 122 cm³/mol. The molecule has 2 amide bonds. The van der Waals surface area contributed by atoms with Gasteiger partial charge in [0.2, 0.25) is 11.8 Å². The van der Waals surface area contributed by atoms with Crippen LogP contribution in [0.2, 0.25) is 0 Å². The number of rotatable bonds is 7. The summed E-state index contributed by atoms with van der Waals surface area (Å²) in [6.45, 7) is 0.0398. The number of hydrogen-bond donors (Lipinski definition) is 0. The Morgan fingerprint density at radius 3 is 2.62 bits per heavy atom. The van der Waals surface area contributed by atoms with Crippen molar-refractivity contribution < 1.29 is 27.8 Å². The second-order valence-corrected chi connectivity index (χ2v) is 7.78. The number of carbonyl (C=O) groups is 2. The fraction of sp³-hybridized carbons (Fsp3) is 0.240. The number of carbonyl (C=O) groups excluding carboxylic acids is 2. The topological polar surface area (TPSA) is 72.0 Å². The van der Waals surface area contributed by atoms with Crippen molar-refractivity contribution in [3.05, 3.63) is 78.1 Å². The molecule has 4 rings (SSSR count). The molecule has 9 heteroatoms. The van der Waals surface area contributed by atoms with Gasteiger partial charge in [0.25, 0.3) is 0 Å². The smallest absolute Gasteiger partial charge is 0.232 e. The van der Waals surface area contributed by atoms with Gasteiger partial charge in [0.15, 0.2) is 0 Å². The second kappa shape index (κ2) is 9.86. The average molecular weight is 467 g/mol. The maximum absolute atomic E-state index is 14.7. The van der Waals surface area contributed by atoms with Crippen LogP contribution in [0.4, 0.5) is 20.2 Å². The van der Waals surface area contributed by atoms with E-state index in [2.05, 4.69) is 4.98 Å². The van der Waals surface area contributed by atoms with E-state index in [0.29, 0.717) is 22.9 Å². The summed E-state index contributed by atoms with van der Waals surface area (Å²) in [4.78, 5) is 33.4. The largest absolute Gasteiger partial charge is 0.497 e. The molecule has 1 aliphatic heterocycles. The predicted octanol–water partition coefficient (Wildman–Crippen LogP) is 3.96. The van der Waals surface area contributed by atoms with Crippen LogP contribution in [0, 0.1) is 17.6 Å². The highest BCUT2D eigenvalue weighted by Gasteiger charge is 2.39. The molecule has 2 aromatic carbocycles. The van der Waals surface area contributed by atoms with Gasteiger partial charge in [-0.15, -0.1) is 0 Å². The minimum Gasteiger partial charge on any atom is -0.497 e. The SMILES string of the molecule is COc1ccc(OC)c(N2CC(C(=O)N(Cc3ccccn3)c3ccc(F)cc3F)CC2=O)c1. The Labute approximate surface area is 195 Å². The summed E-state index contributed by atoms with van der Waals surface area (Å²) in [5.74, 6) is -2.13. The maximum atomic E-state index is 14.7. The molecule has 0 N–H and O–H groups in total. The highest BCUT2D eigenvalue weighted by Crippen LogP contribution is 2.37. The van der Waals surface area contributed by atoms with Crippen molar-refractivity contribution in [2.75, 3.05) is 30.6 Å². The van der Waals surface area contributed by atoms with E-state index in [9.17, 15) is 18.4 Å². The highest BCUT2D eigenvalue weighted by molar-refractivity contribution is 6.05. The lowest BCUT2D eigenvalue weighted by molar-refractivity contribution is -0.124. The van der Waals surface area contributed by atoms with Gasteiger partial charge in [0.1, 0.15) is 23.1 Å². The molecule has 0 bridgehead atoms. The Bertz CT molecular complexity index is 1210. The third-order valence-electron chi connectivity index (χ3n) is 5.66. The van der Waals surface area contributed by atoms with Crippen molar-refractivity contribution >= 4 is 23.2 Å². The number of halogens is 2. The molecule has 0 spiro atoms. The van der Waals surface area contributed by atoms with E-state index in [-0.39, 0.29) is 31.1 Å². The third-order valence-corrected chi connectivity index (χ3v) is 5.66. The van der Waals surface area contributed by atoms with Gasteiger partial charge >= 0.3 is 0 Å². The lowest BCUT2D eigenvalue weighted by Crippen LogP contribution is -2.38. The molecule has 2 heterocycles. The number of methoxy groups -OCH3 is 2. The van der Waals surface area contributed by atoms with E-state index >= 15 is 0 Å². The Balaban J connectivity index is 1.65. The van der Waals surface area contributed by atoms with E-state index in [1.165, 1.54) is 30.1 Å². The van der Waals surface area contributed by atoms with Gasteiger partial charge in [0.05, 0.1) is 43.8 Å². The number of ether oxygens (including phenoxy) is 2. The Hall–Kier alpha value is -4.01. The first-order chi connectivity index (χ1) is 16.4. The molecule has 1 aromatic heterocycles. The summed E-state index contributed by atoms with van der Waals surface area (Å²) in [6.07, 6.45) is 1.50. The normalized spacial score (nSPS) is 15.4. The Morgan fingerprint density at radius 2 is 1.94 bits per heavy atom. The van der Waals surface area contributed by atoms with Crippen molar-refractivity contribution in [3.8, 4) is 11.5 Å². The molecule has 176 valence electrons. The minimum absolute atomic E-state index is 0.0323. The monoisotopic (exact) mass is 467 g/mol. The summed E-state index contributed by atoms with van der Waals surface area (Å²) in [5, 5.41) is 0. The average Bonchev–Trinajstić information content (AvgIpc) is 3.24. The molecule has 1 atom stereocenters. The standard InChI is InChI=1S/C25H23F2N3O4/c1-33-19-7-9-23(34-2)22(13-19)29-14-16(11-24(29)31)25(32)30(15-18-5-3-4-10-28-18)21-8-6-17(26)12-20(21)27/h3-10,12-13,16H,11,14-15H2,1-2H3. The fourth-order valence-electron chi connectivity index (χ4n) is 3.97. The first-order valence-corrected chi connectivity index (χ1v) is 10.6. The quantitative estimate of drug-likeness (QED) is 0.526. The Kier molecular flexibility index (Phi) is 6.72. The van der Waals surface area contributed by atoms with E-state index in [1.807, 2.05) is 0 Å². The third kappa shape index (κ3) is 4.68. The number of amides is 2. The number of benzene rings is 2. The van der Waals surface area contributed by atoms with Crippen LogP contribution >= 0.6 is 0 Å². The van der Waals surface area contributed by atoms with E-state index in [1.54, 1.807) is 42.6 Å². The second-order valence-electron chi connectivity index (χ2n) is 7.78. The zero-order valence-electron chi connectivity index (χ0n) is 18.7. The van der Waals surface area contributed by atoms with Crippen LogP contribution in [0.5, 0.6) is 11.5 Å². The van der Waals surface area contributed by atoms with Crippen LogP contribution in [0.3, 0.4) is 0 Å². The van der Waals surface area contributed by atoms with Crippen LogP contribution in [-0.4, -0.2) is 37.6 Å². The number of anilines is 2. The van der Waals surface area contributed by atoms with Gasteiger partial charge in [-0.05, 0) is 36.4 Å². The van der Waals surface area contributed by atoms with E-state index in [0.717, 1.165) is 12.1 Å². The van der Waals surface area contributed by atoms with Gasteiger partial charge < -0.3 is 19.3 Å². The van der Waals surface area contributed by atoms with Crippen molar-refractivity contribution in [1.29, 1.82) is 0 Å². The van der Waals surface area contributed by atoms with Crippen LogP contribution < -0.4 is 19.3 Å². The van der Waals surface area contributed by atoms with E-state index in [4.69, 9.17) is 9.47 Å². The van der Waals surface area contributed by atoms with Crippen LogP contribution in [0.25, 0.3) is 0 Å². The van der Waals surface area contributed by atoms with E-state index < -0.39 is 23.5 Å². The summed E-state index contributed by atoms with van der Waals surface area (Å²) in [6, 6.07) is 13.3. The zero-order chi connectivity index (χ0) is 24.2. The number of hydrogen-bond acceptors (Lipinski definition) is 5. The van der Waals surface area contributed by atoms with Gasteiger partial charge in [-0.1, -0.05) is 6.07 Å². The van der Waals surface area contributed by atoms with Crippen molar-refractivity contribution in [3.63, 3.8) is 0 Å². The van der Waals surface area contributed by atoms with Crippen LogP contribution in [-0.2, 0) is 16.1 Å². The zero-order valence-corrected chi connectivity index (χ0v) is 18.7. The molecular weight excluding hydrogens is 444 g/mol. The summed E-state index contributed by atoms with van der Waals surface area (Å²) in [7, 11) is 3.00. The van der Waals surface area contributed by atoms with Gasteiger partial charge in [-0.3, -0.25) is 14.6 Å². The molecular formula is C25H23F2N3O4. The van der Waals surface area contributed by atoms with Gasteiger partial charge in [-0.2, -0.15) is 0 Å². The molecule has 1 saturated heterocycles. The fourth-order valence-corrected chi connectivity index (χ4v) is 3.97. The molecule has 1 aliphatic rings. The van der Waals surface area contributed by atoms with Crippen molar-refractivity contribution in [2.24, 2.45) is 5.92 Å². The molecule has 1 fully saturated rings. The first kappa shape index (κ1) is 23.2. The summed E-state index contributed by atoms with van der Waals surface area (Å²) < 4.78 is 38.9.